The fourth-order valence-corrected chi connectivity index (χ4v) is 7.82. The van der Waals surface area contributed by atoms with Crippen LogP contribution < -0.4 is 24.6 Å². The number of benzene rings is 4. The molecule has 0 bridgehead atoms. The van der Waals surface area contributed by atoms with Crippen LogP contribution >= 0.6 is 15.9 Å². The van der Waals surface area contributed by atoms with E-state index in [9.17, 15) is 14.4 Å². The highest BCUT2D eigenvalue weighted by atomic mass is 79.9. The quantitative estimate of drug-likeness (QED) is 0.107. The van der Waals surface area contributed by atoms with Crippen LogP contribution in [0.1, 0.15) is 59.4 Å². The van der Waals surface area contributed by atoms with Gasteiger partial charge in [0.05, 0.1) is 16.8 Å². The smallest absolute Gasteiger partial charge is 0.335 e. The molecule has 0 saturated carbocycles. The molecular formula is C40H36BrN3O5. The summed E-state index contributed by atoms with van der Waals surface area (Å²) in [7, 11) is 0. The van der Waals surface area contributed by atoms with Crippen molar-refractivity contribution in [1.82, 2.24) is 5.32 Å². The van der Waals surface area contributed by atoms with Gasteiger partial charge >= 0.3 is 6.03 Å². The molecule has 248 valence electrons. The van der Waals surface area contributed by atoms with Gasteiger partial charge in [0.1, 0.15) is 12.2 Å². The van der Waals surface area contributed by atoms with Crippen molar-refractivity contribution < 1.29 is 23.9 Å². The van der Waals surface area contributed by atoms with E-state index in [-0.39, 0.29) is 24.0 Å². The number of imide groups is 2. The van der Waals surface area contributed by atoms with Gasteiger partial charge in [-0.25, -0.2) is 9.69 Å². The molecule has 0 aliphatic carbocycles. The van der Waals surface area contributed by atoms with Crippen LogP contribution in [0.3, 0.4) is 0 Å². The molecular weight excluding hydrogens is 682 g/mol. The largest absolute Gasteiger partial charge is 0.490 e. The average Bonchev–Trinajstić information content (AvgIpc) is 3.11. The number of carbonyl (C=O) groups excluding carboxylic acids is 3. The summed E-state index contributed by atoms with van der Waals surface area (Å²) in [5.41, 5.74) is 6.49. The van der Waals surface area contributed by atoms with E-state index in [1.54, 1.807) is 18.2 Å². The number of barbiturate groups is 1. The molecule has 8 nitrogen and oxygen atoms in total. The van der Waals surface area contributed by atoms with Gasteiger partial charge in [-0.05, 0) is 93.9 Å². The molecule has 3 aliphatic heterocycles. The monoisotopic (exact) mass is 717 g/mol. The van der Waals surface area contributed by atoms with Gasteiger partial charge in [0, 0.05) is 30.6 Å². The van der Waals surface area contributed by atoms with E-state index in [1.807, 2.05) is 55.5 Å². The van der Waals surface area contributed by atoms with E-state index < -0.39 is 17.8 Å². The SMILES string of the molecule is C=CCOc1c(Br)cc(/C=C2\C(=O)NC(=O)N(c3cc4c5c(c3)[C@H](c3ccccc3)CCN5CC[C@H]4c3ccccc3)C2=O)cc1OCC. The maximum absolute atomic E-state index is 14.3. The molecule has 2 atom stereocenters. The van der Waals surface area contributed by atoms with Crippen LogP contribution in [-0.4, -0.2) is 44.1 Å². The minimum atomic E-state index is -0.778. The van der Waals surface area contributed by atoms with Crippen molar-refractivity contribution in [3.63, 3.8) is 0 Å². The van der Waals surface area contributed by atoms with E-state index in [1.165, 1.54) is 22.9 Å². The number of hydrogen-bond acceptors (Lipinski definition) is 6. The van der Waals surface area contributed by atoms with Crippen LogP contribution in [0.2, 0.25) is 0 Å². The Kier molecular flexibility index (Phi) is 9.10. The van der Waals surface area contributed by atoms with Gasteiger partial charge in [0.2, 0.25) is 0 Å². The van der Waals surface area contributed by atoms with Crippen molar-refractivity contribution in [2.24, 2.45) is 0 Å². The minimum absolute atomic E-state index is 0.0800. The topological polar surface area (TPSA) is 88.2 Å². The molecule has 4 aromatic carbocycles. The second-order valence-corrected chi connectivity index (χ2v) is 13.1. The molecule has 7 rings (SSSR count). The number of hydrogen-bond donors (Lipinski definition) is 1. The van der Waals surface area contributed by atoms with Crippen LogP contribution in [0.5, 0.6) is 11.5 Å². The first-order valence-electron chi connectivity index (χ1n) is 16.5. The molecule has 3 heterocycles. The van der Waals surface area contributed by atoms with Crippen LogP contribution in [0, 0.1) is 0 Å². The summed E-state index contributed by atoms with van der Waals surface area (Å²) in [6.45, 7) is 8.05. The van der Waals surface area contributed by atoms with Gasteiger partial charge < -0.3 is 14.4 Å². The standard InChI is InChI=1S/C40H36BrN3O5/c1-3-19-49-37-34(41)21-25(22-35(37)48-4-2)20-33-38(45)42-40(47)44(39(33)46)28-23-31-29(26-11-7-5-8-12-26)15-17-43-18-16-30(32(24-28)36(31)43)27-13-9-6-10-14-27/h3,5-14,20-24,29-30H,1,4,15-19H2,2H3,(H,42,45,47)/b33-20+/t29-,30-/m0/s1. The Morgan fingerprint density at radius 2 is 1.49 bits per heavy atom. The van der Waals surface area contributed by atoms with Gasteiger partial charge in [-0.1, -0.05) is 73.3 Å². The molecule has 0 spiro atoms. The number of urea groups is 1. The molecule has 49 heavy (non-hydrogen) atoms. The zero-order chi connectivity index (χ0) is 34.1. The lowest BCUT2D eigenvalue weighted by Crippen LogP contribution is -2.54. The van der Waals surface area contributed by atoms with Crippen molar-refractivity contribution in [3.05, 3.63) is 135 Å². The molecule has 0 radical (unpaired) electrons. The Balaban J connectivity index is 1.35. The van der Waals surface area contributed by atoms with E-state index in [0.29, 0.717) is 33.8 Å². The fraction of sp³-hybridized carbons (Fsp3) is 0.225. The summed E-state index contributed by atoms with van der Waals surface area (Å²) in [5, 5.41) is 2.42. The first kappa shape index (κ1) is 32.4. The minimum Gasteiger partial charge on any atom is -0.490 e. The number of nitrogens with one attached hydrogen (secondary N) is 1. The van der Waals surface area contributed by atoms with Gasteiger partial charge in [-0.15, -0.1) is 0 Å². The number of rotatable bonds is 9. The van der Waals surface area contributed by atoms with Gasteiger partial charge in [0.25, 0.3) is 11.8 Å². The van der Waals surface area contributed by atoms with Crippen LogP contribution in [0.15, 0.2) is 108 Å². The Hall–Kier alpha value is -5.15. The van der Waals surface area contributed by atoms with Gasteiger partial charge in [0.15, 0.2) is 11.5 Å². The Morgan fingerprint density at radius 3 is 2.06 bits per heavy atom. The van der Waals surface area contributed by atoms with Crippen molar-refractivity contribution in [1.29, 1.82) is 0 Å². The number of halogens is 1. The molecule has 3 aliphatic rings. The summed E-state index contributed by atoms with van der Waals surface area (Å²) in [6, 6.07) is 27.3. The molecule has 1 fully saturated rings. The summed E-state index contributed by atoms with van der Waals surface area (Å²) in [6.07, 6.45) is 4.92. The lowest BCUT2D eigenvalue weighted by molar-refractivity contribution is -0.122. The summed E-state index contributed by atoms with van der Waals surface area (Å²) in [5.74, 6) is -0.370. The van der Waals surface area contributed by atoms with E-state index in [0.717, 1.165) is 42.0 Å². The van der Waals surface area contributed by atoms with Crippen molar-refractivity contribution in [3.8, 4) is 11.5 Å². The molecule has 1 saturated heterocycles. The lowest BCUT2D eigenvalue weighted by Gasteiger charge is -2.44. The zero-order valence-corrected chi connectivity index (χ0v) is 28.7. The Bertz CT molecular complexity index is 1900. The van der Waals surface area contributed by atoms with E-state index in [2.05, 4.69) is 57.0 Å². The predicted molar refractivity (Wildman–Crippen MR) is 194 cm³/mol. The molecule has 1 N–H and O–H groups in total. The average molecular weight is 719 g/mol. The maximum Gasteiger partial charge on any atom is 0.335 e. The van der Waals surface area contributed by atoms with Crippen LogP contribution in [0.4, 0.5) is 16.2 Å². The number of carbonyl (C=O) groups is 3. The predicted octanol–water partition coefficient (Wildman–Crippen LogP) is 7.96. The highest BCUT2D eigenvalue weighted by Gasteiger charge is 2.40. The van der Waals surface area contributed by atoms with Gasteiger partial charge in [-0.3, -0.25) is 14.9 Å². The second-order valence-electron chi connectivity index (χ2n) is 12.3. The normalized spacial score (nSPS) is 19.4. The summed E-state index contributed by atoms with van der Waals surface area (Å²) in [4.78, 5) is 44.7. The molecule has 9 heteroatoms. The maximum atomic E-state index is 14.3. The van der Waals surface area contributed by atoms with Crippen LogP contribution in [0.25, 0.3) is 6.08 Å². The molecule has 4 aromatic rings. The van der Waals surface area contributed by atoms with Crippen LogP contribution in [-0.2, 0) is 9.59 Å². The number of ether oxygens (including phenoxy) is 2. The lowest BCUT2D eigenvalue weighted by atomic mass is 9.76. The van der Waals surface area contributed by atoms with E-state index >= 15 is 0 Å². The Labute approximate surface area is 294 Å². The molecule has 0 aromatic heterocycles. The van der Waals surface area contributed by atoms with Gasteiger partial charge in [-0.2, -0.15) is 0 Å². The third kappa shape index (κ3) is 6.15. The first-order valence-corrected chi connectivity index (χ1v) is 17.3. The summed E-state index contributed by atoms with van der Waals surface area (Å²) >= 11 is 3.54. The third-order valence-electron chi connectivity index (χ3n) is 9.35. The molecule has 0 unspecified atom stereocenters. The second kappa shape index (κ2) is 13.8. The number of amides is 4. The Morgan fingerprint density at radius 1 is 0.878 bits per heavy atom. The van der Waals surface area contributed by atoms with Crippen molar-refractivity contribution in [2.75, 3.05) is 36.1 Å². The zero-order valence-electron chi connectivity index (χ0n) is 27.2. The van der Waals surface area contributed by atoms with Crippen molar-refractivity contribution >= 4 is 51.2 Å². The summed E-state index contributed by atoms with van der Waals surface area (Å²) < 4.78 is 12.2. The highest BCUT2D eigenvalue weighted by Crippen LogP contribution is 2.50. The third-order valence-corrected chi connectivity index (χ3v) is 9.94. The number of nitrogens with zero attached hydrogens (tertiary/aromatic N) is 2. The van der Waals surface area contributed by atoms with Crippen molar-refractivity contribution in [2.45, 2.75) is 31.6 Å². The molecule has 4 amide bonds. The highest BCUT2D eigenvalue weighted by molar-refractivity contribution is 9.10. The van der Waals surface area contributed by atoms with E-state index in [4.69, 9.17) is 9.47 Å². The fourth-order valence-electron chi connectivity index (χ4n) is 7.24. The number of anilines is 2. The first-order chi connectivity index (χ1) is 23.9.